The molecule has 0 saturated carbocycles. The van der Waals surface area contributed by atoms with Gasteiger partial charge in [-0.1, -0.05) is 13.0 Å². The minimum absolute atomic E-state index is 0.116. The molecule has 1 unspecified atom stereocenters. The van der Waals surface area contributed by atoms with E-state index in [1.54, 1.807) is 0 Å². The number of Topliss-reactive ketones (excluding diaryl/α,β-unsaturated/α-hetero) is 1. The molecule has 1 aliphatic heterocycles. The number of rotatable bonds is 2. The largest absolute Gasteiger partial charge is 0.491 e. The molecule has 86 valence electrons. The van der Waals surface area contributed by atoms with E-state index in [9.17, 15) is 4.79 Å². The molecule has 0 amide bonds. The molecule has 0 aromatic heterocycles. The summed E-state index contributed by atoms with van der Waals surface area (Å²) in [6.45, 7) is 2.64. The number of benzene rings is 1. The predicted molar refractivity (Wildman–Crippen MR) is 63.1 cm³/mol. The summed E-state index contributed by atoms with van der Waals surface area (Å²) in [5, 5.41) is 3.09. The average molecular weight is 219 g/mol. The number of carbonyl (C=O) groups is 1. The van der Waals surface area contributed by atoms with Gasteiger partial charge in [-0.25, -0.2) is 0 Å². The van der Waals surface area contributed by atoms with Gasteiger partial charge in [0, 0.05) is 12.5 Å². The van der Waals surface area contributed by atoms with Crippen LogP contribution in [-0.2, 0) is 6.42 Å². The third-order valence-electron chi connectivity index (χ3n) is 3.03. The van der Waals surface area contributed by atoms with E-state index in [0.717, 1.165) is 17.7 Å². The van der Waals surface area contributed by atoms with Crippen LogP contribution in [0.3, 0.4) is 0 Å². The minimum atomic E-state index is 0.116. The SMILES string of the molecule is CCc1ccc2c(c1)C(=O)CC(NC)CO2. The number of nitrogens with one attached hydrogen (secondary N) is 1. The molecule has 3 nitrogen and oxygen atoms in total. The zero-order chi connectivity index (χ0) is 11.5. The Bertz CT molecular complexity index is 401. The summed E-state index contributed by atoms with van der Waals surface area (Å²) in [6.07, 6.45) is 1.45. The molecule has 1 N–H and O–H groups in total. The zero-order valence-electron chi connectivity index (χ0n) is 9.75. The van der Waals surface area contributed by atoms with Crippen LogP contribution in [0, 0.1) is 0 Å². The number of fused-ring (bicyclic) bond motifs is 1. The Morgan fingerprint density at radius 1 is 1.50 bits per heavy atom. The Balaban J connectivity index is 2.34. The summed E-state index contributed by atoms with van der Waals surface area (Å²) in [5.74, 6) is 0.891. The number of hydrogen-bond acceptors (Lipinski definition) is 3. The van der Waals surface area contributed by atoms with Gasteiger partial charge in [-0.3, -0.25) is 4.79 Å². The van der Waals surface area contributed by atoms with Crippen LogP contribution < -0.4 is 10.1 Å². The average Bonchev–Trinajstić information content (AvgIpc) is 2.48. The number of ether oxygens (including phenoxy) is 1. The van der Waals surface area contributed by atoms with Crippen molar-refractivity contribution >= 4 is 5.78 Å². The van der Waals surface area contributed by atoms with Gasteiger partial charge in [-0.15, -0.1) is 0 Å². The van der Waals surface area contributed by atoms with Gasteiger partial charge in [0.15, 0.2) is 5.78 Å². The van der Waals surface area contributed by atoms with Gasteiger partial charge in [0.25, 0.3) is 0 Å². The normalized spacial score (nSPS) is 19.9. The quantitative estimate of drug-likeness (QED) is 0.824. The minimum Gasteiger partial charge on any atom is -0.491 e. The van der Waals surface area contributed by atoms with Gasteiger partial charge < -0.3 is 10.1 Å². The Morgan fingerprint density at radius 3 is 3.00 bits per heavy atom. The third-order valence-corrected chi connectivity index (χ3v) is 3.03. The Labute approximate surface area is 95.8 Å². The molecule has 16 heavy (non-hydrogen) atoms. The van der Waals surface area contributed by atoms with E-state index in [1.165, 1.54) is 5.56 Å². The van der Waals surface area contributed by atoms with Gasteiger partial charge in [0.1, 0.15) is 12.4 Å². The van der Waals surface area contributed by atoms with Gasteiger partial charge in [-0.05, 0) is 31.2 Å². The van der Waals surface area contributed by atoms with Crippen LogP contribution in [0.25, 0.3) is 0 Å². The maximum atomic E-state index is 12.0. The second-order valence-corrected chi connectivity index (χ2v) is 4.11. The molecule has 1 heterocycles. The van der Waals surface area contributed by atoms with Crippen molar-refractivity contribution in [3.8, 4) is 5.75 Å². The van der Waals surface area contributed by atoms with Crippen LogP contribution in [0.5, 0.6) is 5.75 Å². The molecule has 3 heteroatoms. The molecular formula is C13H17NO2. The highest BCUT2D eigenvalue weighted by molar-refractivity contribution is 5.99. The van der Waals surface area contributed by atoms with Crippen molar-refractivity contribution in [1.29, 1.82) is 0 Å². The van der Waals surface area contributed by atoms with E-state index in [0.29, 0.717) is 13.0 Å². The van der Waals surface area contributed by atoms with Gasteiger partial charge >= 0.3 is 0 Å². The van der Waals surface area contributed by atoms with Crippen molar-refractivity contribution in [2.45, 2.75) is 25.8 Å². The number of likely N-dealkylation sites (N-methyl/N-ethyl adjacent to an activating group) is 1. The molecule has 0 saturated heterocycles. The predicted octanol–water partition coefficient (Wildman–Crippen LogP) is 1.80. The Hall–Kier alpha value is -1.35. The first-order valence-electron chi connectivity index (χ1n) is 5.70. The smallest absolute Gasteiger partial charge is 0.168 e. The molecule has 2 rings (SSSR count). The van der Waals surface area contributed by atoms with Crippen LogP contribution in [0.2, 0.25) is 0 Å². The molecule has 1 aromatic carbocycles. The summed E-state index contributed by atoms with van der Waals surface area (Å²) >= 11 is 0. The summed E-state index contributed by atoms with van der Waals surface area (Å²) in [7, 11) is 1.86. The molecule has 0 fully saturated rings. The number of ketones is 1. The maximum Gasteiger partial charge on any atom is 0.168 e. The van der Waals surface area contributed by atoms with Gasteiger partial charge in [0.05, 0.1) is 5.56 Å². The Morgan fingerprint density at radius 2 is 2.31 bits per heavy atom. The second-order valence-electron chi connectivity index (χ2n) is 4.11. The summed E-state index contributed by atoms with van der Waals surface area (Å²) < 4.78 is 5.64. The number of carbonyl (C=O) groups excluding carboxylic acids is 1. The lowest BCUT2D eigenvalue weighted by molar-refractivity contribution is 0.0972. The fourth-order valence-corrected chi connectivity index (χ4v) is 1.91. The first-order valence-corrected chi connectivity index (χ1v) is 5.70. The topological polar surface area (TPSA) is 38.3 Å². The van der Waals surface area contributed by atoms with Crippen molar-refractivity contribution in [2.75, 3.05) is 13.7 Å². The molecule has 1 atom stereocenters. The summed E-state index contributed by atoms with van der Waals surface area (Å²) in [5.41, 5.74) is 1.91. The van der Waals surface area contributed by atoms with E-state index in [4.69, 9.17) is 4.74 Å². The lowest BCUT2D eigenvalue weighted by atomic mass is 10.0. The maximum absolute atomic E-state index is 12.0. The third kappa shape index (κ3) is 2.09. The van der Waals surface area contributed by atoms with Crippen molar-refractivity contribution in [1.82, 2.24) is 5.32 Å². The van der Waals surface area contributed by atoms with Gasteiger partial charge in [0.2, 0.25) is 0 Å². The number of aryl methyl sites for hydroxylation is 1. The molecule has 1 aliphatic rings. The van der Waals surface area contributed by atoms with E-state index in [1.807, 2.05) is 25.2 Å². The van der Waals surface area contributed by atoms with Crippen LogP contribution in [0.4, 0.5) is 0 Å². The van der Waals surface area contributed by atoms with Crippen molar-refractivity contribution < 1.29 is 9.53 Å². The Kier molecular flexibility index (Phi) is 3.25. The lowest BCUT2D eigenvalue weighted by Gasteiger charge is -2.11. The van der Waals surface area contributed by atoms with E-state index in [-0.39, 0.29) is 11.8 Å². The highest BCUT2D eigenvalue weighted by Crippen LogP contribution is 2.25. The fraction of sp³-hybridized carbons (Fsp3) is 0.462. The first kappa shape index (κ1) is 11.1. The molecule has 1 aromatic rings. The van der Waals surface area contributed by atoms with Crippen molar-refractivity contribution in [3.63, 3.8) is 0 Å². The molecule has 0 radical (unpaired) electrons. The molecular weight excluding hydrogens is 202 g/mol. The van der Waals surface area contributed by atoms with Crippen molar-refractivity contribution in [2.24, 2.45) is 0 Å². The highest BCUT2D eigenvalue weighted by atomic mass is 16.5. The van der Waals surface area contributed by atoms with Crippen LogP contribution in [0.1, 0.15) is 29.3 Å². The summed E-state index contributed by atoms with van der Waals surface area (Å²) in [4.78, 5) is 12.0. The van der Waals surface area contributed by atoms with E-state index < -0.39 is 0 Å². The van der Waals surface area contributed by atoms with Crippen LogP contribution in [-0.4, -0.2) is 25.5 Å². The van der Waals surface area contributed by atoms with E-state index >= 15 is 0 Å². The van der Waals surface area contributed by atoms with Gasteiger partial charge in [-0.2, -0.15) is 0 Å². The first-order chi connectivity index (χ1) is 7.74. The molecule has 0 aliphatic carbocycles. The molecule has 0 spiro atoms. The standard InChI is InChI=1S/C13H17NO2/c1-3-9-4-5-13-11(6-9)12(15)7-10(14-2)8-16-13/h4-6,10,14H,3,7-8H2,1-2H3. The fourth-order valence-electron chi connectivity index (χ4n) is 1.91. The monoisotopic (exact) mass is 219 g/mol. The number of hydrogen-bond donors (Lipinski definition) is 1. The van der Waals surface area contributed by atoms with E-state index in [2.05, 4.69) is 12.2 Å². The summed E-state index contributed by atoms with van der Waals surface area (Å²) in [6, 6.07) is 6.00. The second kappa shape index (κ2) is 4.66. The lowest BCUT2D eigenvalue weighted by Crippen LogP contribution is -2.32. The highest BCUT2D eigenvalue weighted by Gasteiger charge is 2.22. The van der Waals surface area contributed by atoms with Crippen molar-refractivity contribution in [3.05, 3.63) is 29.3 Å². The molecule has 0 bridgehead atoms. The zero-order valence-corrected chi connectivity index (χ0v) is 9.75. The van der Waals surface area contributed by atoms with Crippen LogP contribution in [0.15, 0.2) is 18.2 Å². The van der Waals surface area contributed by atoms with Crippen LogP contribution >= 0.6 is 0 Å².